The molecule has 23 heavy (non-hydrogen) atoms. The number of nitrogens with zero attached hydrogens (tertiary/aromatic N) is 1. The van der Waals surface area contributed by atoms with E-state index in [1.807, 2.05) is 13.8 Å². The summed E-state index contributed by atoms with van der Waals surface area (Å²) >= 11 is 0. The molecular weight excluding hydrogens is 317 g/mol. The molecule has 1 aromatic rings. The van der Waals surface area contributed by atoms with Gasteiger partial charge in [0.05, 0.1) is 5.75 Å². The monoisotopic (exact) mass is 341 g/mol. The minimum absolute atomic E-state index is 0.00785. The van der Waals surface area contributed by atoms with Crippen molar-refractivity contribution in [3.05, 3.63) is 28.8 Å². The van der Waals surface area contributed by atoms with Crippen LogP contribution in [0.25, 0.3) is 0 Å². The van der Waals surface area contributed by atoms with E-state index in [1.54, 1.807) is 4.90 Å². The first-order chi connectivity index (χ1) is 10.4. The fourth-order valence-electron chi connectivity index (χ4n) is 3.21. The molecule has 0 aliphatic carbocycles. The predicted octanol–water partition coefficient (Wildman–Crippen LogP) is 3.25. The van der Waals surface area contributed by atoms with Gasteiger partial charge in [0.2, 0.25) is 5.91 Å². The summed E-state index contributed by atoms with van der Waals surface area (Å²) in [6.45, 7) is 10.5. The van der Waals surface area contributed by atoms with Crippen LogP contribution in [0.4, 0.5) is 9.57 Å². The van der Waals surface area contributed by atoms with Crippen LogP contribution < -0.4 is 4.90 Å². The summed E-state index contributed by atoms with van der Waals surface area (Å²) in [7, 11) is -4.56. The van der Waals surface area contributed by atoms with Gasteiger partial charge in [-0.1, -0.05) is 32.9 Å². The number of carbonyl (C=O) groups is 1. The molecule has 0 saturated carbocycles. The Labute approximate surface area is 137 Å². The van der Waals surface area contributed by atoms with Gasteiger partial charge in [-0.05, 0) is 36.0 Å². The molecule has 1 atom stereocenters. The van der Waals surface area contributed by atoms with Crippen molar-refractivity contribution in [3.8, 4) is 0 Å². The zero-order valence-electron chi connectivity index (χ0n) is 14.3. The average Bonchev–Trinajstić information content (AvgIpc) is 2.65. The third-order valence-corrected chi connectivity index (χ3v) is 5.14. The summed E-state index contributed by atoms with van der Waals surface area (Å²) in [4.78, 5) is 13.9. The predicted molar refractivity (Wildman–Crippen MR) is 90.0 cm³/mol. The Bertz CT molecular complexity index is 712. The first-order valence-corrected chi connectivity index (χ1v) is 9.28. The van der Waals surface area contributed by atoms with Gasteiger partial charge < -0.3 is 4.90 Å². The highest BCUT2D eigenvalue weighted by Crippen LogP contribution is 2.35. The van der Waals surface area contributed by atoms with E-state index in [4.69, 9.17) is 0 Å². The van der Waals surface area contributed by atoms with Gasteiger partial charge in [0.1, 0.15) is 0 Å². The minimum Gasteiger partial charge on any atom is -0.312 e. The second kappa shape index (κ2) is 5.89. The standard InChI is InChI=1S/C17H24FNO3S/c1-11-6-14(17(3,4)5)7-12(2)16(11)19-9-13(8-15(19)20)10-23(18,21)22/h6-7,13H,8-10H2,1-5H3. The maximum Gasteiger partial charge on any atom is 0.302 e. The molecule has 1 aromatic carbocycles. The van der Waals surface area contributed by atoms with Crippen molar-refractivity contribution < 1.29 is 17.1 Å². The molecule has 1 amide bonds. The summed E-state index contributed by atoms with van der Waals surface area (Å²) in [5.41, 5.74) is 3.97. The number of halogens is 1. The number of benzene rings is 1. The molecule has 0 spiro atoms. The van der Waals surface area contributed by atoms with Crippen LogP contribution in [-0.2, 0) is 20.4 Å². The summed E-state index contributed by atoms with van der Waals surface area (Å²) in [5, 5.41) is 0. The Morgan fingerprint density at radius 2 is 1.74 bits per heavy atom. The van der Waals surface area contributed by atoms with E-state index in [1.165, 1.54) is 5.56 Å². The van der Waals surface area contributed by atoms with Crippen LogP contribution in [-0.4, -0.2) is 26.6 Å². The highest BCUT2D eigenvalue weighted by atomic mass is 32.3. The Hall–Kier alpha value is -1.43. The topological polar surface area (TPSA) is 54.5 Å². The Kier molecular flexibility index (Phi) is 4.59. The molecule has 1 unspecified atom stereocenters. The van der Waals surface area contributed by atoms with Gasteiger partial charge in [-0.3, -0.25) is 4.79 Å². The second-order valence-electron chi connectivity index (χ2n) is 7.49. The number of aryl methyl sites for hydroxylation is 2. The molecule has 128 valence electrons. The van der Waals surface area contributed by atoms with E-state index < -0.39 is 21.9 Å². The van der Waals surface area contributed by atoms with E-state index in [9.17, 15) is 17.1 Å². The number of carbonyl (C=O) groups excluding carboxylic acids is 1. The van der Waals surface area contributed by atoms with E-state index in [0.717, 1.165) is 16.8 Å². The quantitative estimate of drug-likeness (QED) is 0.793. The molecule has 4 nitrogen and oxygen atoms in total. The smallest absolute Gasteiger partial charge is 0.302 e. The zero-order valence-corrected chi connectivity index (χ0v) is 15.1. The molecule has 1 aliphatic rings. The van der Waals surface area contributed by atoms with Crippen LogP contribution in [0, 0.1) is 19.8 Å². The van der Waals surface area contributed by atoms with Crippen LogP contribution in [0.15, 0.2) is 12.1 Å². The summed E-state index contributed by atoms with van der Waals surface area (Å²) in [6.07, 6.45) is 0.0725. The van der Waals surface area contributed by atoms with Crippen LogP contribution in [0.2, 0.25) is 0 Å². The average molecular weight is 341 g/mol. The van der Waals surface area contributed by atoms with Gasteiger partial charge >= 0.3 is 10.2 Å². The highest BCUT2D eigenvalue weighted by Gasteiger charge is 2.35. The third-order valence-electron chi connectivity index (χ3n) is 4.27. The molecule has 0 aromatic heterocycles. The van der Waals surface area contributed by atoms with Gasteiger partial charge in [-0.25, -0.2) is 0 Å². The minimum atomic E-state index is -4.56. The first-order valence-electron chi connectivity index (χ1n) is 7.73. The maximum atomic E-state index is 12.9. The second-order valence-corrected chi connectivity index (χ2v) is 8.90. The Morgan fingerprint density at radius 1 is 1.22 bits per heavy atom. The number of hydrogen-bond acceptors (Lipinski definition) is 3. The number of rotatable bonds is 3. The van der Waals surface area contributed by atoms with Crippen molar-refractivity contribution >= 4 is 21.8 Å². The molecular formula is C17H24FNO3S. The molecule has 0 N–H and O–H groups in total. The van der Waals surface area contributed by atoms with Gasteiger partial charge in [0, 0.05) is 24.6 Å². The molecule has 0 radical (unpaired) electrons. The fraction of sp³-hybridized carbons (Fsp3) is 0.588. The van der Waals surface area contributed by atoms with Crippen molar-refractivity contribution in [1.82, 2.24) is 0 Å². The van der Waals surface area contributed by atoms with Crippen molar-refractivity contribution in [2.75, 3.05) is 17.2 Å². The summed E-state index contributed by atoms with van der Waals surface area (Å²) in [5.74, 6) is -1.22. The highest BCUT2D eigenvalue weighted by molar-refractivity contribution is 7.86. The van der Waals surface area contributed by atoms with Crippen molar-refractivity contribution in [2.45, 2.75) is 46.5 Å². The zero-order chi connectivity index (χ0) is 17.6. The molecule has 1 fully saturated rings. The Balaban J connectivity index is 2.34. The molecule has 1 heterocycles. The lowest BCUT2D eigenvalue weighted by molar-refractivity contribution is -0.117. The maximum absolute atomic E-state index is 12.9. The Morgan fingerprint density at radius 3 is 2.17 bits per heavy atom. The fourth-order valence-corrected chi connectivity index (χ4v) is 3.99. The van der Waals surface area contributed by atoms with E-state index >= 15 is 0 Å². The number of hydrogen-bond donors (Lipinski definition) is 0. The van der Waals surface area contributed by atoms with Crippen LogP contribution in [0.3, 0.4) is 0 Å². The van der Waals surface area contributed by atoms with Gasteiger partial charge in [-0.2, -0.15) is 8.42 Å². The van der Waals surface area contributed by atoms with Gasteiger partial charge in [-0.15, -0.1) is 3.89 Å². The van der Waals surface area contributed by atoms with E-state index in [-0.39, 0.29) is 24.3 Å². The molecule has 1 saturated heterocycles. The van der Waals surface area contributed by atoms with Gasteiger partial charge in [0.15, 0.2) is 0 Å². The van der Waals surface area contributed by atoms with Crippen molar-refractivity contribution in [2.24, 2.45) is 5.92 Å². The van der Waals surface area contributed by atoms with Crippen LogP contribution >= 0.6 is 0 Å². The van der Waals surface area contributed by atoms with E-state index in [0.29, 0.717) is 0 Å². The SMILES string of the molecule is Cc1cc(C(C)(C)C)cc(C)c1N1CC(CS(=O)(=O)F)CC1=O. The lowest BCUT2D eigenvalue weighted by Gasteiger charge is -2.26. The molecule has 2 rings (SSSR count). The number of anilines is 1. The molecule has 6 heteroatoms. The van der Waals surface area contributed by atoms with Crippen molar-refractivity contribution in [3.63, 3.8) is 0 Å². The van der Waals surface area contributed by atoms with Crippen LogP contribution in [0.5, 0.6) is 0 Å². The largest absolute Gasteiger partial charge is 0.312 e. The van der Waals surface area contributed by atoms with Gasteiger partial charge in [0.25, 0.3) is 0 Å². The lowest BCUT2D eigenvalue weighted by atomic mass is 9.84. The summed E-state index contributed by atoms with van der Waals surface area (Å²) in [6, 6.07) is 4.13. The number of amides is 1. The first kappa shape index (κ1) is 17.9. The molecule has 1 aliphatic heterocycles. The third kappa shape index (κ3) is 4.10. The van der Waals surface area contributed by atoms with E-state index in [2.05, 4.69) is 32.9 Å². The summed E-state index contributed by atoms with van der Waals surface area (Å²) < 4.78 is 34.5. The van der Waals surface area contributed by atoms with Crippen molar-refractivity contribution in [1.29, 1.82) is 0 Å². The van der Waals surface area contributed by atoms with Crippen LogP contribution in [0.1, 0.15) is 43.9 Å². The lowest BCUT2D eigenvalue weighted by Crippen LogP contribution is -2.27. The normalized spacial score (nSPS) is 19.5. The molecule has 0 bridgehead atoms.